The predicted molar refractivity (Wildman–Crippen MR) is 148 cm³/mol. The molecule has 1 amide bonds. The molecule has 2 aromatic carbocycles. The Bertz CT molecular complexity index is 1730. The first-order valence-electron chi connectivity index (χ1n) is 13.5. The van der Waals surface area contributed by atoms with Crippen molar-refractivity contribution in [2.45, 2.75) is 52.2 Å². The fraction of sp³-hybridized carbons (Fsp3) is 0.333. The summed E-state index contributed by atoms with van der Waals surface area (Å²) < 4.78 is 11.7. The van der Waals surface area contributed by atoms with Crippen molar-refractivity contribution in [3.05, 3.63) is 77.6 Å². The topological polar surface area (TPSA) is 83.0 Å². The lowest BCUT2D eigenvalue weighted by molar-refractivity contribution is -0.136. The van der Waals surface area contributed by atoms with Crippen molar-refractivity contribution >= 4 is 16.8 Å². The van der Waals surface area contributed by atoms with Crippen molar-refractivity contribution in [1.29, 1.82) is 0 Å². The lowest BCUT2D eigenvalue weighted by Crippen LogP contribution is -2.44. The second-order valence-corrected chi connectivity index (χ2v) is 10.6. The molecule has 0 saturated heterocycles. The lowest BCUT2D eigenvalue weighted by atomic mass is 9.89. The summed E-state index contributed by atoms with van der Waals surface area (Å²) in [7, 11) is 1.65. The standard InChI is InChI=1S/C30H31N7O2/c1-19-7-9-25-23(13-19)22-5-4-6-27-30(22)37(25)12-11-36(27)29(38)17-35-16-24(32-33-35)21-8-10-26(28(14-21)39-3)34-15-20(2)31-18-34/h7-10,13-16,18,27H,4-6,11-12,17H2,1-3H3. The van der Waals surface area contributed by atoms with Gasteiger partial charge >= 0.3 is 0 Å². The van der Waals surface area contributed by atoms with Crippen LogP contribution in [0, 0.1) is 13.8 Å². The van der Waals surface area contributed by atoms with Crippen LogP contribution in [0.25, 0.3) is 27.8 Å². The average molecular weight is 522 g/mol. The summed E-state index contributed by atoms with van der Waals surface area (Å²) in [6, 6.07) is 12.8. The quantitative estimate of drug-likeness (QED) is 0.337. The minimum atomic E-state index is 0.0837. The molecule has 7 rings (SSSR count). The number of rotatable bonds is 5. The van der Waals surface area contributed by atoms with Gasteiger partial charge in [-0.15, -0.1) is 5.10 Å². The largest absolute Gasteiger partial charge is 0.495 e. The lowest BCUT2D eigenvalue weighted by Gasteiger charge is -2.40. The first-order valence-corrected chi connectivity index (χ1v) is 13.5. The number of methoxy groups -OCH3 is 1. The van der Waals surface area contributed by atoms with E-state index in [4.69, 9.17) is 4.74 Å². The van der Waals surface area contributed by atoms with Gasteiger partial charge in [-0.2, -0.15) is 0 Å². The summed E-state index contributed by atoms with van der Waals surface area (Å²) in [6.45, 7) is 5.80. The number of carbonyl (C=O) groups excluding carboxylic acids is 1. The Hall–Kier alpha value is -4.40. The maximum atomic E-state index is 13.6. The van der Waals surface area contributed by atoms with Gasteiger partial charge in [0, 0.05) is 41.4 Å². The highest BCUT2D eigenvalue weighted by atomic mass is 16.5. The van der Waals surface area contributed by atoms with Gasteiger partial charge in [-0.25, -0.2) is 9.67 Å². The molecule has 0 bridgehead atoms. The van der Waals surface area contributed by atoms with Gasteiger partial charge in [-0.1, -0.05) is 22.9 Å². The van der Waals surface area contributed by atoms with Gasteiger partial charge in [0.15, 0.2) is 0 Å². The molecule has 9 heteroatoms. The molecule has 0 N–H and O–H groups in total. The van der Waals surface area contributed by atoms with Crippen LogP contribution in [-0.2, 0) is 24.3 Å². The molecular weight excluding hydrogens is 490 g/mol. The molecule has 9 nitrogen and oxygen atoms in total. The third-order valence-electron chi connectivity index (χ3n) is 8.15. The third-order valence-corrected chi connectivity index (χ3v) is 8.15. The first kappa shape index (κ1) is 23.7. The van der Waals surface area contributed by atoms with E-state index in [0.29, 0.717) is 18.0 Å². The molecular formula is C30H31N7O2. The van der Waals surface area contributed by atoms with Crippen LogP contribution in [-0.4, -0.2) is 53.6 Å². The second kappa shape index (κ2) is 9.11. The number of ether oxygens (including phenoxy) is 1. The highest BCUT2D eigenvalue weighted by Gasteiger charge is 2.37. The number of fused-ring (bicyclic) bond motifs is 3. The molecule has 2 aliphatic rings. The molecule has 0 fully saturated rings. The number of aryl methyl sites for hydroxylation is 3. The maximum absolute atomic E-state index is 13.6. The molecule has 198 valence electrons. The van der Waals surface area contributed by atoms with Gasteiger partial charge in [0.05, 0.1) is 37.1 Å². The number of benzene rings is 2. The van der Waals surface area contributed by atoms with Gasteiger partial charge in [-0.05, 0) is 62.9 Å². The zero-order valence-corrected chi connectivity index (χ0v) is 22.5. The fourth-order valence-corrected chi connectivity index (χ4v) is 6.36. The highest BCUT2D eigenvalue weighted by Crippen LogP contribution is 2.43. The van der Waals surface area contributed by atoms with Gasteiger partial charge < -0.3 is 18.8 Å². The van der Waals surface area contributed by atoms with Gasteiger partial charge in [0.25, 0.3) is 0 Å². The molecule has 1 aliphatic carbocycles. The number of nitrogens with zero attached hydrogens (tertiary/aromatic N) is 7. The number of carbonyl (C=O) groups is 1. The molecule has 4 heterocycles. The summed E-state index contributed by atoms with van der Waals surface area (Å²) >= 11 is 0. The monoisotopic (exact) mass is 521 g/mol. The van der Waals surface area contributed by atoms with Crippen LogP contribution in [0.15, 0.2) is 55.1 Å². The van der Waals surface area contributed by atoms with Crippen molar-refractivity contribution in [3.8, 4) is 22.7 Å². The van der Waals surface area contributed by atoms with Crippen molar-refractivity contribution in [2.75, 3.05) is 13.7 Å². The maximum Gasteiger partial charge on any atom is 0.244 e. The van der Waals surface area contributed by atoms with Crippen molar-refractivity contribution < 1.29 is 9.53 Å². The van der Waals surface area contributed by atoms with Crippen molar-refractivity contribution in [2.24, 2.45) is 0 Å². The van der Waals surface area contributed by atoms with Gasteiger partial charge in [0.1, 0.15) is 18.0 Å². The molecule has 39 heavy (non-hydrogen) atoms. The third kappa shape index (κ3) is 3.91. The van der Waals surface area contributed by atoms with Crippen LogP contribution >= 0.6 is 0 Å². The molecule has 3 aromatic heterocycles. The van der Waals surface area contributed by atoms with Crippen LogP contribution in [0.4, 0.5) is 0 Å². The van der Waals surface area contributed by atoms with Gasteiger partial charge in [-0.3, -0.25) is 4.79 Å². The zero-order chi connectivity index (χ0) is 26.7. The summed E-state index contributed by atoms with van der Waals surface area (Å²) in [4.78, 5) is 20.0. The fourth-order valence-electron chi connectivity index (χ4n) is 6.36. The predicted octanol–water partition coefficient (Wildman–Crippen LogP) is 4.63. The number of amides is 1. The van der Waals surface area contributed by atoms with E-state index < -0.39 is 0 Å². The zero-order valence-electron chi connectivity index (χ0n) is 22.5. The molecule has 1 unspecified atom stereocenters. The average Bonchev–Trinajstić information content (AvgIpc) is 3.67. The van der Waals surface area contributed by atoms with Crippen LogP contribution < -0.4 is 4.74 Å². The van der Waals surface area contributed by atoms with E-state index in [0.717, 1.165) is 42.8 Å². The van der Waals surface area contributed by atoms with Crippen molar-refractivity contribution in [3.63, 3.8) is 0 Å². The summed E-state index contributed by atoms with van der Waals surface area (Å²) in [5.41, 5.74) is 8.74. The molecule has 1 atom stereocenters. The summed E-state index contributed by atoms with van der Waals surface area (Å²) in [5, 5.41) is 10.0. The number of imidazole rings is 1. The van der Waals surface area contributed by atoms with Crippen molar-refractivity contribution in [1.82, 2.24) is 34.0 Å². The van der Waals surface area contributed by atoms with E-state index in [1.165, 1.54) is 27.7 Å². The van der Waals surface area contributed by atoms with Crippen LogP contribution in [0.2, 0.25) is 0 Å². The van der Waals surface area contributed by atoms with E-state index in [9.17, 15) is 4.79 Å². The molecule has 0 saturated carbocycles. The Morgan fingerprint density at radius 1 is 1.10 bits per heavy atom. The Balaban J connectivity index is 1.13. The van der Waals surface area contributed by atoms with Crippen LogP contribution in [0.3, 0.4) is 0 Å². The SMILES string of the molecule is COc1cc(-c2cn(CC(=O)N3CCn4c5c(c6cc(C)ccc64)CCCC53)nn2)ccc1-n1cnc(C)c1. The van der Waals surface area contributed by atoms with E-state index in [1.807, 2.05) is 42.1 Å². The molecule has 1 aliphatic heterocycles. The second-order valence-electron chi connectivity index (χ2n) is 10.6. The minimum absolute atomic E-state index is 0.0837. The van der Waals surface area contributed by atoms with E-state index in [1.54, 1.807) is 18.1 Å². The Morgan fingerprint density at radius 3 is 2.82 bits per heavy atom. The molecule has 0 spiro atoms. The Morgan fingerprint density at radius 2 is 2.00 bits per heavy atom. The normalized spacial score (nSPS) is 16.5. The van der Waals surface area contributed by atoms with Crippen LogP contribution in [0.1, 0.15) is 41.4 Å². The summed E-state index contributed by atoms with van der Waals surface area (Å²) in [6.07, 6.45) is 8.73. The number of hydrogen-bond acceptors (Lipinski definition) is 5. The Labute approximate surface area is 226 Å². The van der Waals surface area contributed by atoms with Gasteiger partial charge in [0.2, 0.25) is 5.91 Å². The van der Waals surface area contributed by atoms with E-state index >= 15 is 0 Å². The summed E-state index contributed by atoms with van der Waals surface area (Å²) in [5.74, 6) is 0.794. The molecule has 0 radical (unpaired) electrons. The minimum Gasteiger partial charge on any atom is -0.495 e. The highest BCUT2D eigenvalue weighted by molar-refractivity contribution is 5.87. The van der Waals surface area contributed by atoms with E-state index in [-0.39, 0.29) is 18.5 Å². The smallest absolute Gasteiger partial charge is 0.244 e. The number of hydrogen-bond donors (Lipinski definition) is 0. The molecule has 5 aromatic rings. The Kier molecular flexibility index (Phi) is 5.54. The number of aromatic nitrogens is 6. The first-order chi connectivity index (χ1) is 19.0. The van der Waals surface area contributed by atoms with E-state index in [2.05, 4.69) is 49.9 Å². The van der Waals surface area contributed by atoms with Crippen LogP contribution in [0.5, 0.6) is 5.75 Å².